The van der Waals surface area contributed by atoms with E-state index < -0.39 is 0 Å². The molecule has 6 heteroatoms. The van der Waals surface area contributed by atoms with Crippen molar-refractivity contribution in [1.82, 2.24) is 4.90 Å². The van der Waals surface area contributed by atoms with E-state index in [1.54, 1.807) is 6.07 Å². The standard InChI is InChI=1S/C12H18N2O3S/c1-9(15)11-4-2-3-5-13(11)7-10-6-12(14(16)17)18-8-10/h6,8-9,11,15H,2-5,7H2,1H3/t9-,11-/m1/s1. The van der Waals surface area contributed by atoms with Gasteiger partial charge in [-0.15, -0.1) is 0 Å². The fourth-order valence-corrected chi connectivity index (χ4v) is 3.26. The summed E-state index contributed by atoms with van der Waals surface area (Å²) in [5.74, 6) is 0. The van der Waals surface area contributed by atoms with E-state index in [0.29, 0.717) is 6.54 Å². The number of nitrogens with zero attached hydrogens (tertiary/aromatic N) is 2. The van der Waals surface area contributed by atoms with Gasteiger partial charge in [0.25, 0.3) is 0 Å². The van der Waals surface area contributed by atoms with Crippen molar-refractivity contribution in [2.45, 2.75) is 44.9 Å². The smallest absolute Gasteiger partial charge is 0.324 e. The van der Waals surface area contributed by atoms with E-state index in [0.717, 1.165) is 31.4 Å². The zero-order valence-corrected chi connectivity index (χ0v) is 11.2. The van der Waals surface area contributed by atoms with Gasteiger partial charge >= 0.3 is 5.00 Å². The molecule has 1 saturated heterocycles. The molecule has 1 N–H and O–H groups in total. The van der Waals surface area contributed by atoms with Crippen molar-refractivity contribution in [3.63, 3.8) is 0 Å². The van der Waals surface area contributed by atoms with Gasteiger partial charge in [-0.3, -0.25) is 15.0 Å². The van der Waals surface area contributed by atoms with Crippen molar-refractivity contribution >= 4 is 16.3 Å². The first-order chi connectivity index (χ1) is 8.58. The molecule has 1 aliphatic rings. The molecular formula is C12H18N2O3S. The minimum atomic E-state index is -0.351. The summed E-state index contributed by atoms with van der Waals surface area (Å²) < 4.78 is 0. The lowest BCUT2D eigenvalue weighted by Crippen LogP contribution is -2.45. The van der Waals surface area contributed by atoms with Crippen molar-refractivity contribution in [2.75, 3.05) is 6.54 Å². The van der Waals surface area contributed by atoms with E-state index in [9.17, 15) is 15.2 Å². The predicted molar refractivity (Wildman–Crippen MR) is 70.7 cm³/mol. The van der Waals surface area contributed by atoms with Gasteiger partial charge < -0.3 is 5.11 Å². The Hall–Kier alpha value is -0.980. The Morgan fingerprint density at radius 2 is 2.44 bits per heavy atom. The summed E-state index contributed by atoms with van der Waals surface area (Å²) in [6, 6.07) is 1.82. The Morgan fingerprint density at radius 1 is 1.67 bits per heavy atom. The summed E-state index contributed by atoms with van der Waals surface area (Å²) in [7, 11) is 0. The molecule has 0 aliphatic carbocycles. The highest BCUT2D eigenvalue weighted by Gasteiger charge is 2.26. The second-order valence-electron chi connectivity index (χ2n) is 4.82. The summed E-state index contributed by atoms with van der Waals surface area (Å²) in [4.78, 5) is 12.5. The van der Waals surface area contributed by atoms with E-state index in [-0.39, 0.29) is 22.1 Å². The fourth-order valence-electron chi connectivity index (χ4n) is 2.54. The molecule has 2 heterocycles. The fraction of sp³-hybridized carbons (Fsp3) is 0.667. The minimum Gasteiger partial charge on any atom is -0.392 e. The van der Waals surface area contributed by atoms with Crippen LogP contribution in [-0.4, -0.2) is 33.6 Å². The second kappa shape index (κ2) is 5.77. The van der Waals surface area contributed by atoms with E-state index in [4.69, 9.17) is 0 Å². The number of rotatable bonds is 4. The minimum absolute atomic E-state index is 0.178. The van der Waals surface area contributed by atoms with Crippen LogP contribution in [0, 0.1) is 10.1 Å². The quantitative estimate of drug-likeness (QED) is 0.674. The summed E-state index contributed by atoms with van der Waals surface area (Å²) in [6.07, 6.45) is 2.94. The molecule has 1 aromatic rings. The van der Waals surface area contributed by atoms with Crippen LogP contribution >= 0.6 is 11.3 Å². The maximum absolute atomic E-state index is 10.6. The molecule has 2 rings (SSSR count). The number of thiophene rings is 1. The molecule has 0 spiro atoms. The Labute approximate surface area is 110 Å². The van der Waals surface area contributed by atoms with E-state index in [1.165, 1.54) is 11.3 Å². The zero-order chi connectivity index (χ0) is 13.1. The Balaban J connectivity index is 2.03. The lowest BCUT2D eigenvalue weighted by Gasteiger charge is -2.37. The van der Waals surface area contributed by atoms with Crippen molar-refractivity contribution in [1.29, 1.82) is 0 Å². The highest BCUT2D eigenvalue weighted by atomic mass is 32.1. The Bertz CT molecular complexity index is 419. The highest BCUT2D eigenvalue weighted by molar-refractivity contribution is 7.13. The lowest BCUT2D eigenvalue weighted by molar-refractivity contribution is -0.380. The summed E-state index contributed by atoms with van der Waals surface area (Å²) >= 11 is 1.17. The number of hydrogen-bond acceptors (Lipinski definition) is 5. The Kier molecular flexibility index (Phi) is 4.31. The van der Waals surface area contributed by atoms with Crippen LogP contribution in [-0.2, 0) is 6.54 Å². The maximum Gasteiger partial charge on any atom is 0.324 e. The highest BCUT2D eigenvalue weighted by Crippen LogP contribution is 2.27. The van der Waals surface area contributed by atoms with Crippen molar-refractivity contribution in [3.05, 3.63) is 27.1 Å². The SMILES string of the molecule is C[C@@H](O)[C@H]1CCCCN1Cc1csc([N+](=O)[O-])c1. The molecule has 1 fully saturated rings. The number of hydrogen-bond donors (Lipinski definition) is 1. The van der Waals surface area contributed by atoms with Crippen LogP contribution in [0.4, 0.5) is 5.00 Å². The topological polar surface area (TPSA) is 66.6 Å². The van der Waals surface area contributed by atoms with Gasteiger partial charge in [0, 0.05) is 24.0 Å². The predicted octanol–water partition coefficient (Wildman–Crippen LogP) is 2.39. The number of piperidine rings is 1. The molecular weight excluding hydrogens is 252 g/mol. The van der Waals surface area contributed by atoms with Crippen molar-refractivity contribution in [3.8, 4) is 0 Å². The van der Waals surface area contributed by atoms with Crippen LogP contribution in [0.2, 0.25) is 0 Å². The first-order valence-corrected chi connectivity index (χ1v) is 7.10. The van der Waals surface area contributed by atoms with Gasteiger partial charge in [-0.05, 0) is 31.9 Å². The summed E-state index contributed by atoms with van der Waals surface area (Å²) in [5, 5.41) is 22.4. The Morgan fingerprint density at radius 3 is 3.06 bits per heavy atom. The molecule has 5 nitrogen and oxygen atoms in total. The number of likely N-dealkylation sites (tertiary alicyclic amines) is 1. The van der Waals surface area contributed by atoms with E-state index in [2.05, 4.69) is 4.90 Å². The maximum atomic E-state index is 10.6. The second-order valence-corrected chi connectivity index (χ2v) is 5.71. The lowest BCUT2D eigenvalue weighted by atomic mass is 9.98. The van der Waals surface area contributed by atoms with Gasteiger partial charge in [0.15, 0.2) is 0 Å². The first kappa shape index (κ1) is 13.5. The number of aliphatic hydroxyl groups is 1. The number of aliphatic hydroxyl groups excluding tert-OH is 1. The molecule has 0 unspecified atom stereocenters. The van der Waals surface area contributed by atoms with E-state index >= 15 is 0 Å². The third-order valence-corrected chi connectivity index (χ3v) is 4.36. The van der Waals surface area contributed by atoms with Crippen LogP contribution in [0.1, 0.15) is 31.7 Å². The number of nitro groups is 1. The average Bonchev–Trinajstić information content (AvgIpc) is 2.78. The third kappa shape index (κ3) is 3.07. The van der Waals surface area contributed by atoms with Gasteiger partial charge in [-0.1, -0.05) is 17.8 Å². The molecule has 18 heavy (non-hydrogen) atoms. The van der Waals surface area contributed by atoms with Crippen LogP contribution in [0.25, 0.3) is 0 Å². The molecule has 1 aliphatic heterocycles. The largest absolute Gasteiger partial charge is 0.392 e. The molecule has 0 aromatic carbocycles. The third-order valence-electron chi connectivity index (χ3n) is 3.43. The zero-order valence-electron chi connectivity index (χ0n) is 10.4. The molecule has 100 valence electrons. The van der Waals surface area contributed by atoms with Gasteiger partial charge in [-0.25, -0.2) is 0 Å². The van der Waals surface area contributed by atoms with Crippen LogP contribution in [0.3, 0.4) is 0 Å². The van der Waals surface area contributed by atoms with Gasteiger partial charge in [0.1, 0.15) is 0 Å². The molecule has 1 aromatic heterocycles. The summed E-state index contributed by atoms with van der Waals surface area (Å²) in [6.45, 7) is 3.47. The summed E-state index contributed by atoms with van der Waals surface area (Å²) in [5.41, 5.74) is 0.972. The molecule has 0 amide bonds. The first-order valence-electron chi connectivity index (χ1n) is 6.22. The molecule has 2 atom stereocenters. The van der Waals surface area contributed by atoms with Crippen LogP contribution in [0.15, 0.2) is 11.4 Å². The van der Waals surface area contributed by atoms with E-state index in [1.807, 2.05) is 12.3 Å². The normalized spacial score (nSPS) is 22.9. The van der Waals surface area contributed by atoms with Crippen LogP contribution in [0.5, 0.6) is 0 Å². The molecule has 0 radical (unpaired) electrons. The van der Waals surface area contributed by atoms with Crippen molar-refractivity contribution < 1.29 is 10.0 Å². The average molecular weight is 270 g/mol. The van der Waals surface area contributed by atoms with Gasteiger partial charge in [0.05, 0.1) is 11.0 Å². The van der Waals surface area contributed by atoms with Gasteiger partial charge in [0.2, 0.25) is 0 Å². The van der Waals surface area contributed by atoms with Crippen LogP contribution < -0.4 is 0 Å². The monoisotopic (exact) mass is 270 g/mol. The van der Waals surface area contributed by atoms with Gasteiger partial charge in [-0.2, -0.15) is 0 Å². The molecule has 0 saturated carbocycles. The van der Waals surface area contributed by atoms with Crippen molar-refractivity contribution in [2.24, 2.45) is 0 Å². The molecule has 0 bridgehead atoms.